The molecule has 0 radical (unpaired) electrons. The zero-order valence-electron chi connectivity index (χ0n) is 15.2. The van der Waals surface area contributed by atoms with Gasteiger partial charge in [-0.3, -0.25) is 4.79 Å². The van der Waals surface area contributed by atoms with E-state index in [2.05, 4.69) is 34.1 Å². The van der Waals surface area contributed by atoms with Crippen LogP contribution in [0.2, 0.25) is 0 Å². The minimum atomic E-state index is -0.114. The highest BCUT2D eigenvalue weighted by Crippen LogP contribution is 2.32. The summed E-state index contributed by atoms with van der Waals surface area (Å²) < 4.78 is 2.07. The van der Waals surface area contributed by atoms with Crippen LogP contribution < -0.4 is 5.32 Å². The molecule has 5 heteroatoms. The van der Waals surface area contributed by atoms with Gasteiger partial charge in [0.2, 0.25) is 0 Å². The third kappa shape index (κ3) is 2.90. The molecular formula is C23H17N3OS. The Balaban J connectivity index is 1.52. The van der Waals surface area contributed by atoms with Crippen molar-refractivity contribution in [2.75, 3.05) is 0 Å². The molecule has 0 atom stereocenters. The Morgan fingerprint density at radius 3 is 2.61 bits per heavy atom. The second-order valence-corrected chi connectivity index (χ2v) is 7.72. The van der Waals surface area contributed by atoms with Crippen LogP contribution >= 0.6 is 11.8 Å². The summed E-state index contributed by atoms with van der Waals surface area (Å²) in [7, 11) is 2.01. The van der Waals surface area contributed by atoms with Gasteiger partial charge >= 0.3 is 0 Å². The van der Waals surface area contributed by atoms with E-state index in [1.54, 1.807) is 0 Å². The average molecular weight is 383 g/mol. The van der Waals surface area contributed by atoms with Crippen molar-refractivity contribution < 1.29 is 4.79 Å². The highest BCUT2D eigenvalue weighted by molar-refractivity contribution is 8.18. The first-order chi connectivity index (χ1) is 13.7. The first kappa shape index (κ1) is 16.8. The predicted octanol–water partition coefficient (Wildman–Crippen LogP) is 5.22. The van der Waals surface area contributed by atoms with Crippen LogP contribution in [0.15, 0.2) is 82.8 Å². The van der Waals surface area contributed by atoms with Gasteiger partial charge in [0.15, 0.2) is 5.17 Å². The van der Waals surface area contributed by atoms with E-state index in [0.717, 1.165) is 32.9 Å². The van der Waals surface area contributed by atoms with Crippen molar-refractivity contribution in [3.63, 3.8) is 0 Å². The van der Waals surface area contributed by atoms with Gasteiger partial charge in [0, 0.05) is 35.1 Å². The van der Waals surface area contributed by atoms with E-state index < -0.39 is 0 Å². The maximum atomic E-state index is 12.5. The van der Waals surface area contributed by atoms with Crippen molar-refractivity contribution >= 4 is 56.3 Å². The smallest absolute Gasteiger partial charge is 0.264 e. The Hall–Kier alpha value is -3.31. The summed E-state index contributed by atoms with van der Waals surface area (Å²) >= 11 is 1.38. The molecule has 1 N–H and O–H groups in total. The second kappa shape index (κ2) is 6.69. The molecule has 1 aromatic heterocycles. The molecule has 3 aromatic carbocycles. The first-order valence-corrected chi connectivity index (χ1v) is 9.82. The lowest BCUT2D eigenvalue weighted by atomic mass is 10.1. The summed E-state index contributed by atoms with van der Waals surface area (Å²) in [5.41, 5.74) is 3.02. The Morgan fingerprint density at radius 1 is 0.964 bits per heavy atom. The average Bonchev–Trinajstić information content (AvgIpc) is 3.22. The second-order valence-electron chi connectivity index (χ2n) is 6.69. The Kier molecular flexibility index (Phi) is 4.02. The minimum Gasteiger partial charge on any atom is -0.350 e. The summed E-state index contributed by atoms with van der Waals surface area (Å²) in [6.07, 6.45) is 3.99. The van der Waals surface area contributed by atoms with Crippen LogP contribution in [0, 0.1) is 0 Å². The standard InChI is InChI=1S/C23H17N3OS/c1-26-14-16(18-10-4-5-12-20(18)26)13-21-22(27)25-23(28-21)24-19-11-6-8-15-7-2-3-9-17(15)19/h2-14H,1H3,(H,24,25,27)/b21-13-. The summed E-state index contributed by atoms with van der Waals surface area (Å²) in [5.74, 6) is -0.114. The molecule has 1 amide bonds. The lowest BCUT2D eigenvalue weighted by molar-refractivity contribution is -0.115. The SMILES string of the molecule is Cn1cc(/C=C2\SC(=Nc3cccc4ccccc34)NC2=O)c2ccccc21. The molecule has 136 valence electrons. The van der Waals surface area contributed by atoms with Crippen LogP contribution in [0.1, 0.15) is 5.56 Å². The Morgan fingerprint density at radius 2 is 1.71 bits per heavy atom. The van der Waals surface area contributed by atoms with Crippen molar-refractivity contribution in [3.8, 4) is 0 Å². The number of hydrogen-bond donors (Lipinski definition) is 1. The fourth-order valence-electron chi connectivity index (χ4n) is 3.53. The van der Waals surface area contributed by atoms with Crippen molar-refractivity contribution in [1.82, 2.24) is 9.88 Å². The van der Waals surface area contributed by atoms with Gasteiger partial charge in [-0.1, -0.05) is 54.6 Å². The number of carbonyl (C=O) groups excluding carboxylic acids is 1. The van der Waals surface area contributed by atoms with Gasteiger partial charge in [-0.05, 0) is 35.4 Å². The maximum absolute atomic E-state index is 12.5. The van der Waals surface area contributed by atoms with E-state index in [1.165, 1.54) is 11.8 Å². The van der Waals surface area contributed by atoms with Crippen molar-refractivity contribution in [3.05, 3.63) is 83.4 Å². The van der Waals surface area contributed by atoms with E-state index in [9.17, 15) is 4.79 Å². The molecule has 0 saturated carbocycles. The lowest BCUT2D eigenvalue weighted by Crippen LogP contribution is -2.19. The third-order valence-corrected chi connectivity index (χ3v) is 5.76. The number of carbonyl (C=O) groups is 1. The molecule has 4 nitrogen and oxygen atoms in total. The number of hydrogen-bond acceptors (Lipinski definition) is 3. The highest BCUT2D eigenvalue weighted by Gasteiger charge is 2.24. The maximum Gasteiger partial charge on any atom is 0.264 e. The van der Waals surface area contributed by atoms with Crippen molar-refractivity contribution in [2.45, 2.75) is 0 Å². The van der Waals surface area contributed by atoms with Crippen LogP contribution in [0.25, 0.3) is 27.8 Å². The van der Waals surface area contributed by atoms with Gasteiger partial charge in [0.05, 0.1) is 10.6 Å². The van der Waals surface area contributed by atoms with Crippen molar-refractivity contribution in [2.24, 2.45) is 12.0 Å². The molecule has 1 saturated heterocycles. The normalized spacial score (nSPS) is 17.1. The molecule has 1 aliphatic rings. The minimum absolute atomic E-state index is 0.114. The Labute approximate surface area is 166 Å². The zero-order chi connectivity index (χ0) is 19.1. The number of aryl methyl sites for hydroxylation is 1. The number of amides is 1. The van der Waals surface area contributed by atoms with Gasteiger partial charge in [-0.2, -0.15) is 0 Å². The number of amidine groups is 1. The lowest BCUT2D eigenvalue weighted by Gasteiger charge is -2.02. The number of aliphatic imine (C=N–C) groups is 1. The van der Waals surface area contributed by atoms with Gasteiger partial charge in [0.1, 0.15) is 0 Å². The summed E-state index contributed by atoms with van der Waals surface area (Å²) in [5, 5.41) is 6.82. The van der Waals surface area contributed by atoms with E-state index in [-0.39, 0.29) is 5.91 Å². The number of nitrogens with zero attached hydrogens (tertiary/aromatic N) is 2. The van der Waals surface area contributed by atoms with Crippen LogP contribution in [-0.4, -0.2) is 15.6 Å². The molecule has 4 aromatic rings. The van der Waals surface area contributed by atoms with Gasteiger partial charge in [-0.25, -0.2) is 4.99 Å². The fourth-order valence-corrected chi connectivity index (χ4v) is 4.35. The molecule has 0 aliphatic carbocycles. The molecular weight excluding hydrogens is 366 g/mol. The number of rotatable bonds is 2. The molecule has 2 heterocycles. The molecule has 0 spiro atoms. The van der Waals surface area contributed by atoms with E-state index in [4.69, 9.17) is 4.99 Å². The number of para-hydroxylation sites is 1. The van der Waals surface area contributed by atoms with Crippen LogP contribution in [0.3, 0.4) is 0 Å². The number of aromatic nitrogens is 1. The quantitative estimate of drug-likeness (QED) is 0.482. The highest BCUT2D eigenvalue weighted by atomic mass is 32.2. The van der Waals surface area contributed by atoms with Crippen LogP contribution in [-0.2, 0) is 11.8 Å². The van der Waals surface area contributed by atoms with Gasteiger partial charge in [-0.15, -0.1) is 0 Å². The summed E-state index contributed by atoms with van der Waals surface area (Å²) in [6, 6.07) is 22.3. The Bertz CT molecular complexity index is 1290. The van der Waals surface area contributed by atoms with E-state index in [1.807, 2.05) is 61.8 Å². The van der Waals surface area contributed by atoms with Crippen LogP contribution in [0.4, 0.5) is 5.69 Å². The molecule has 5 rings (SSSR count). The number of benzene rings is 3. The molecule has 28 heavy (non-hydrogen) atoms. The van der Waals surface area contributed by atoms with Crippen LogP contribution in [0.5, 0.6) is 0 Å². The number of thioether (sulfide) groups is 1. The van der Waals surface area contributed by atoms with Gasteiger partial charge < -0.3 is 9.88 Å². The predicted molar refractivity (Wildman–Crippen MR) is 118 cm³/mol. The monoisotopic (exact) mass is 383 g/mol. The molecule has 1 aliphatic heterocycles. The number of nitrogens with one attached hydrogen (secondary N) is 1. The molecule has 0 unspecified atom stereocenters. The molecule has 0 bridgehead atoms. The van der Waals surface area contributed by atoms with E-state index >= 15 is 0 Å². The summed E-state index contributed by atoms with van der Waals surface area (Å²) in [6.45, 7) is 0. The topological polar surface area (TPSA) is 46.4 Å². The fraction of sp³-hybridized carbons (Fsp3) is 0.0435. The largest absolute Gasteiger partial charge is 0.350 e. The summed E-state index contributed by atoms with van der Waals surface area (Å²) in [4.78, 5) is 17.8. The first-order valence-electron chi connectivity index (χ1n) is 9.00. The van der Waals surface area contributed by atoms with Crippen molar-refractivity contribution in [1.29, 1.82) is 0 Å². The third-order valence-electron chi connectivity index (χ3n) is 4.85. The van der Waals surface area contributed by atoms with E-state index in [0.29, 0.717) is 10.1 Å². The number of fused-ring (bicyclic) bond motifs is 2. The zero-order valence-corrected chi connectivity index (χ0v) is 16.0. The molecule has 1 fully saturated rings. The van der Waals surface area contributed by atoms with Gasteiger partial charge in [0.25, 0.3) is 5.91 Å².